The molecule has 0 spiro atoms. The van der Waals surface area contributed by atoms with E-state index in [1.165, 1.54) is 11.1 Å². The standard InChI is InChI=1S/C13H17NO2.C2HF3O2/c1-2-13(7-11-9-14-8-10(1)11)16-12-3-5-15-6-4-12;3-2(4,5)1(6)7/h1-2,7,12,14H,3-6,8-9H2;(H,6,7). The minimum absolute atomic E-state index is 0.334. The van der Waals surface area contributed by atoms with Crippen LogP contribution in [0, 0.1) is 0 Å². The van der Waals surface area contributed by atoms with Crippen LogP contribution in [0.15, 0.2) is 18.2 Å². The molecule has 0 amide bonds. The van der Waals surface area contributed by atoms with Gasteiger partial charge in [0.15, 0.2) is 0 Å². The fraction of sp³-hybridized carbons (Fsp3) is 0.533. The number of alkyl halides is 3. The molecule has 8 heteroatoms. The Kier molecular flexibility index (Phi) is 5.84. The average molecular weight is 333 g/mol. The lowest BCUT2D eigenvalue weighted by molar-refractivity contribution is -0.192. The summed E-state index contributed by atoms with van der Waals surface area (Å²) in [5.41, 5.74) is 2.78. The van der Waals surface area contributed by atoms with Gasteiger partial charge in [-0.05, 0) is 23.3 Å². The first-order valence-corrected chi connectivity index (χ1v) is 7.23. The Morgan fingerprint density at radius 3 is 2.43 bits per heavy atom. The molecule has 0 saturated carbocycles. The molecule has 0 aromatic heterocycles. The van der Waals surface area contributed by atoms with Crippen molar-refractivity contribution < 1.29 is 32.5 Å². The highest BCUT2D eigenvalue weighted by atomic mass is 19.4. The third-order valence-electron chi connectivity index (χ3n) is 3.52. The van der Waals surface area contributed by atoms with Gasteiger partial charge in [-0.25, -0.2) is 4.79 Å². The number of hydrogen-bond acceptors (Lipinski definition) is 4. The summed E-state index contributed by atoms with van der Waals surface area (Å²) in [7, 11) is 0. The molecule has 1 fully saturated rings. The van der Waals surface area contributed by atoms with E-state index in [2.05, 4.69) is 23.5 Å². The number of hydrogen-bond donors (Lipinski definition) is 2. The van der Waals surface area contributed by atoms with Crippen molar-refractivity contribution in [3.05, 3.63) is 29.3 Å². The molecule has 1 saturated heterocycles. The second kappa shape index (κ2) is 7.65. The summed E-state index contributed by atoms with van der Waals surface area (Å²) < 4.78 is 43.0. The van der Waals surface area contributed by atoms with E-state index in [9.17, 15) is 13.2 Å². The van der Waals surface area contributed by atoms with Gasteiger partial charge in [0.25, 0.3) is 0 Å². The van der Waals surface area contributed by atoms with Crippen molar-refractivity contribution in [3.8, 4) is 5.75 Å². The molecule has 0 unspecified atom stereocenters. The molecule has 0 atom stereocenters. The number of carboxylic acid groups (broad SMARTS) is 1. The topological polar surface area (TPSA) is 67.8 Å². The number of fused-ring (bicyclic) bond motifs is 1. The van der Waals surface area contributed by atoms with Crippen molar-refractivity contribution in [3.63, 3.8) is 0 Å². The highest BCUT2D eigenvalue weighted by Crippen LogP contribution is 2.24. The van der Waals surface area contributed by atoms with Gasteiger partial charge in [0.1, 0.15) is 11.9 Å². The summed E-state index contributed by atoms with van der Waals surface area (Å²) in [5, 5.41) is 10.5. The molecule has 2 N–H and O–H groups in total. The van der Waals surface area contributed by atoms with Crippen LogP contribution in [0.3, 0.4) is 0 Å². The lowest BCUT2D eigenvalue weighted by Crippen LogP contribution is -2.25. The highest BCUT2D eigenvalue weighted by Gasteiger charge is 2.38. The third kappa shape index (κ3) is 5.40. The first-order chi connectivity index (χ1) is 10.9. The quantitative estimate of drug-likeness (QED) is 0.870. The summed E-state index contributed by atoms with van der Waals surface area (Å²) >= 11 is 0. The average Bonchev–Trinajstić information content (AvgIpc) is 2.95. The van der Waals surface area contributed by atoms with Crippen LogP contribution in [0.25, 0.3) is 0 Å². The molecule has 23 heavy (non-hydrogen) atoms. The highest BCUT2D eigenvalue weighted by molar-refractivity contribution is 5.73. The summed E-state index contributed by atoms with van der Waals surface area (Å²) in [6, 6.07) is 6.43. The van der Waals surface area contributed by atoms with Crippen LogP contribution in [0.5, 0.6) is 5.75 Å². The second-order valence-electron chi connectivity index (χ2n) is 5.27. The Hall–Kier alpha value is -1.80. The SMILES string of the molecule is O=C(O)C(F)(F)F.c1cc2c(cc1OC1CCOCC1)CNC2. The van der Waals surface area contributed by atoms with E-state index in [-0.39, 0.29) is 0 Å². The molecule has 0 aliphatic carbocycles. The van der Waals surface area contributed by atoms with Crippen molar-refractivity contribution in [2.75, 3.05) is 13.2 Å². The van der Waals surface area contributed by atoms with E-state index in [1.54, 1.807) is 0 Å². The fourth-order valence-corrected chi connectivity index (χ4v) is 2.33. The summed E-state index contributed by atoms with van der Waals surface area (Å²) in [5.74, 6) is -1.75. The number of rotatable bonds is 2. The molecular weight excluding hydrogens is 315 g/mol. The van der Waals surface area contributed by atoms with Gasteiger partial charge in [-0.15, -0.1) is 0 Å². The first-order valence-electron chi connectivity index (χ1n) is 7.23. The number of carbonyl (C=O) groups is 1. The molecule has 5 nitrogen and oxygen atoms in total. The van der Waals surface area contributed by atoms with Crippen molar-refractivity contribution in [2.45, 2.75) is 38.2 Å². The zero-order valence-corrected chi connectivity index (χ0v) is 12.4. The second-order valence-corrected chi connectivity index (χ2v) is 5.27. The number of benzene rings is 1. The van der Waals surface area contributed by atoms with Gasteiger partial charge in [0, 0.05) is 25.9 Å². The zero-order valence-electron chi connectivity index (χ0n) is 12.4. The van der Waals surface area contributed by atoms with Crippen LogP contribution in [0.2, 0.25) is 0 Å². The fourth-order valence-electron chi connectivity index (χ4n) is 2.33. The summed E-state index contributed by atoms with van der Waals surface area (Å²) in [6.45, 7) is 3.63. The molecular formula is C15H18F3NO4. The van der Waals surface area contributed by atoms with E-state index in [0.29, 0.717) is 6.10 Å². The normalized spacial score (nSPS) is 17.9. The predicted molar refractivity (Wildman–Crippen MR) is 75.1 cm³/mol. The van der Waals surface area contributed by atoms with Gasteiger partial charge in [0.05, 0.1) is 13.2 Å². The van der Waals surface area contributed by atoms with E-state index >= 15 is 0 Å². The van der Waals surface area contributed by atoms with Crippen LogP contribution >= 0.6 is 0 Å². The van der Waals surface area contributed by atoms with Crippen molar-refractivity contribution in [1.82, 2.24) is 5.32 Å². The largest absolute Gasteiger partial charge is 0.490 e. The Morgan fingerprint density at radius 1 is 1.22 bits per heavy atom. The maximum absolute atomic E-state index is 10.6. The Labute approximate surface area is 131 Å². The van der Waals surface area contributed by atoms with Gasteiger partial charge in [0.2, 0.25) is 0 Å². The first kappa shape index (κ1) is 17.6. The lowest BCUT2D eigenvalue weighted by Gasteiger charge is -2.23. The predicted octanol–water partition coefficient (Wildman–Crippen LogP) is 2.48. The molecule has 2 aliphatic rings. The van der Waals surface area contributed by atoms with E-state index in [4.69, 9.17) is 19.4 Å². The smallest absolute Gasteiger partial charge is 0.490 e. The van der Waals surface area contributed by atoms with Crippen molar-refractivity contribution >= 4 is 5.97 Å². The van der Waals surface area contributed by atoms with Gasteiger partial charge in [-0.1, -0.05) is 6.07 Å². The number of aliphatic carboxylic acids is 1. The monoisotopic (exact) mass is 333 g/mol. The molecule has 2 heterocycles. The van der Waals surface area contributed by atoms with E-state index in [0.717, 1.165) is 44.9 Å². The minimum Gasteiger partial charge on any atom is -0.490 e. The lowest BCUT2D eigenvalue weighted by atomic mass is 10.1. The third-order valence-corrected chi connectivity index (χ3v) is 3.52. The van der Waals surface area contributed by atoms with Crippen LogP contribution < -0.4 is 10.1 Å². The van der Waals surface area contributed by atoms with Crippen LogP contribution in [-0.4, -0.2) is 36.6 Å². The van der Waals surface area contributed by atoms with E-state index < -0.39 is 12.1 Å². The van der Waals surface area contributed by atoms with Gasteiger partial charge < -0.3 is 19.9 Å². The number of ether oxygens (including phenoxy) is 2. The van der Waals surface area contributed by atoms with E-state index in [1.807, 2.05) is 0 Å². The van der Waals surface area contributed by atoms with Gasteiger partial charge in [-0.3, -0.25) is 0 Å². The molecule has 0 radical (unpaired) electrons. The number of halogens is 3. The molecule has 2 aliphatic heterocycles. The minimum atomic E-state index is -5.08. The summed E-state index contributed by atoms with van der Waals surface area (Å²) in [6.07, 6.45) is -2.73. The van der Waals surface area contributed by atoms with Gasteiger partial charge >= 0.3 is 12.1 Å². The maximum Gasteiger partial charge on any atom is 0.490 e. The maximum atomic E-state index is 10.6. The number of carboxylic acids is 1. The van der Waals surface area contributed by atoms with Gasteiger partial charge in [-0.2, -0.15) is 13.2 Å². The zero-order chi connectivity index (χ0) is 16.9. The molecule has 3 rings (SSSR count). The Bertz CT molecular complexity index is 542. The van der Waals surface area contributed by atoms with Crippen molar-refractivity contribution in [2.24, 2.45) is 0 Å². The molecule has 1 aromatic rings. The Morgan fingerprint density at radius 2 is 1.83 bits per heavy atom. The molecule has 128 valence electrons. The number of nitrogens with one attached hydrogen (secondary N) is 1. The van der Waals surface area contributed by atoms with Crippen molar-refractivity contribution in [1.29, 1.82) is 0 Å². The van der Waals surface area contributed by atoms with Crippen LogP contribution in [0.4, 0.5) is 13.2 Å². The summed E-state index contributed by atoms with van der Waals surface area (Å²) in [4.78, 5) is 8.90. The molecule has 0 bridgehead atoms. The Balaban J connectivity index is 0.000000236. The molecule has 1 aromatic carbocycles. The van der Waals surface area contributed by atoms with Crippen LogP contribution in [-0.2, 0) is 22.6 Å². The van der Waals surface area contributed by atoms with Crippen LogP contribution in [0.1, 0.15) is 24.0 Å².